The lowest BCUT2D eigenvalue weighted by molar-refractivity contribution is 0.628. The quantitative estimate of drug-likeness (QED) is 0.601. The third-order valence-corrected chi connectivity index (χ3v) is 3.80. The van der Waals surface area contributed by atoms with E-state index in [2.05, 4.69) is 15.4 Å². The third kappa shape index (κ3) is 2.60. The molecule has 0 atom stereocenters. The molecule has 2 aromatic carbocycles. The Kier molecular flexibility index (Phi) is 3.46. The Morgan fingerprint density at radius 1 is 1.00 bits per heavy atom. The predicted octanol–water partition coefficient (Wildman–Crippen LogP) is 4.59. The second kappa shape index (κ2) is 5.77. The van der Waals surface area contributed by atoms with Crippen molar-refractivity contribution in [3.05, 3.63) is 78.4 Å². The number of fused-ring (bicyclic) bond motifs is 1. The van der Waals surface area contributed by atoms with Crippen LogP contribution in [0.25, 0.3) is 16.8 Å². The number of halogens is 1. The number of anilines is 2. The third-order valence-electron chi connectivity index (χ3n) is 3.80. The molecule has 0 bridgehead atoms. The van der Waals surface area contributed by atoms with Gasteiger partial charge < -0.3 is 5.32 Å². The van der Waals surface area contributed by atoms with Crippen molar-refractivity contribution in [2.75, 3.05) is 5.32 Å². The fourth-order valence-electron chi connectivity index (χ4n) is 2.68. The maximum absolute atomic E-state index is 13.2. The summed E-state index contributed by atoms with van der Waals surface area (Å²) in [6, 6.07) is 18.2. The Balaban J connectivity index is 1.84. The molecule has 24 heavy (non-hydrogen) atoms. The van der Waals surface area contributed by atoms with E-state index in [9.17, 15) is 4.39 Å². The fraction of sp³-hybridized carbons (Fsp3) is 0.0526. The highest BCUT2D eigenvalue weighted by molar-refractivity contribution is 5.78. The van der Waals surface area contributed by atoms with Crippen LogP contribution in [0.4, 0.5) is 15.9 Å². The zero-order valence-electron chi connectivity index (χ0n) is 13.1. The second-order valence-corrected chi connectivity index (χ2v) is 5.57. The number of hydrogen-bond acceptors (Lipinski definition) is 3. The fourth-order valence-corrected chi connectivity index (χ4v) is 2.68. The monoisotopic (exact) mass is 318 g/mol. The summed E-state index contributed by atoms with van der Waals surface area (Å²) in [5, 5.41) is 7.81. The number of aromatic nitrogens is 3. The van der Waals surface area contributed by atoms with E-state index in [1.54, 1.807) is 22.8 Å². The van der Waals surface area contributed by atoms with Crippen LogP contribution in [0.15, 0.2) is 66.9 Å². The zero-order valence-corrected chi connectivity index (χ0v) is 13.1. The molecule has 0 saturated carbocycles. The summed E-state index contributed by atoms with van der Waals surface area (Å²) in [6.45, 7) is 1.94. The van der Waals surface area contributed by atoms with Crippen molar-refractivity contribution in [3.8, 4) is 11.1 Å². The standard InChI is InChI=1S/C19H15FN4/c1-13-11-18(23-16-5-3-2-4-6-16)24-19(22-13)17(12-21-24)14-7-9-15(20)10-8-14/h2-12,23H,1H3. The van der Waals surface area contributed by atoms with Gasteiger partial charge >= 0.3 is 0 Å². The van der Waals surface area contributed by atoms with E-state index < -0.39 is 0 Å². The van der Waals surface area contributed by atoms with E-state index in [1.165, 1.54) is 12.1 Å². The van der Waals surface area contributed by atoms with Crippen LogP contribution < -0.4 is 5.32 Å². The molecule has 0 amide bonds. The van der Waals surface area contributed by atoms with E-state index in [4.69, 9.17) is 0 Å². The lowest BCUT2D eigenvalue weighted by Gasteiger charge is -2.09. The summed E-state index contributed by atoms with van der Waals surface area (Å²) in [4.78, 5) is 4.60. The molecule has 5 heteroatoms. The van der Waals surface area contributed by atoms with Gasteiger partial charge in [-0.05, 0) is 36.8 Å². The highest BCUT2D eigenvalue weighted by Gasteiger charge is 2.12. The van der Waals surface area contributed by atoms with Crippen LogP contribution in [0.2, 0.25) is 0 Å². The number of nitrogens with zero attached hydrogens (tertiary/aromatic N) is 3. The maximum atomic E-state index is 13.2. The van der Waals surface area contributed by atoms with Crippen molar-refractivity contribution in [3.63, 3.8) is 0 Å². The van der Waals surface area contributed by atoms with Crippen molar-refractivity contribution < 1.29 is 4.39 Å². The normalized spacial score (nSPS) is 10.9. The SMILES string of the molecule is Cc1cc(Nc2ccccc2)n2ncc(-c3ccc(F)cc3)c2n1. The van der Waals surface area contributed by atoms with E-state index in [-0.39, 0.29) is 5.82 Å². The predicted molar refractivity (Wildman–Crippen MR) is 92.8 cm³/mol. The molecule has 0 spiro atoms. The van der Waals surface area contributed by atoms with Gasteiger partial charge in [-0.25, -0.2) is 9.37 Å². The van der Waals surface area contributed by atoms with E-state index in [0.29, 0.717) is 0 Å². The number of benzene rings is 2. The molecular weight excluding hydrogens is 303 g/mol. The first kappa shape index (κ1) is 14.4. The Hall–Kier alpha value is -3.21. The molecule has 4 rings (SSSR count). The molecule has 0 aliphatic heterocycles. The first-order valence-electron chi connectivity index (χ1n) is 7.64. The van der Waals surface area contributed by atoms with Crippen LogP contribution in [0.1, 0.15) is 5.69 Å². The Labute approximate surface area is 138 Å². The second-order valence-electron chi connectivity index (χ2n) is 5.57. The van der Waals surface area contributed by atoms with Crippen LogP contribution in [-0.4, -0.2) is 14.6 Å². The minimum absolute atomic E-state index is 0.259. The van der Waals surface area contributed by atoms with Gasteiger partial charge in [0.2, 0.25) is 0 Å². The van der Waals surface area contributed by atoms with Crippen molar-refractivity contribution in [2.24, 2.45) is 0 Å². The van der Waals surface area contributed by atoms with Gasteiger partial charge in [0.15, 0.2) is 5.65 Å². The van der Waals surface area contributed by atoms with Gasteiger partial charge in [0.1, 0.15) is 11.6 Å². The van der Waals surface area contributed by atoms with Gasteiger partial charge in [-0.15, -0.1) is 0 Å². The van der Waals surface area contributed by atoms with Crippen molar-refractivity contribution in [2.45, 2.75) is 6.92 Å². The average Bonchev–Trinajstić information content (AvgIpc) is 3.00. The highest BCUT2D eigenvalue weighted by Crippen LogP contribution is 2.27. The Morgan fingerprint density at radius 2 is 1.75 bits per heavy atom. The van der Waals surface area contributed by atoms with Gasteiger partial charge in [0, 0.05) is 23.0 Å². The summed E-state index contributed by atoms with van der Waals surface area (Å²) in [5.74, 6) is 0.572. The van der Waals surface area contributed by atoms with E-state index >= 15 is 0 Å². The Morgan fingerprint density at radius 3 is 2.50 bits per heavy atom. The van der Waals surface area contributed by atoms with Gasteiger partial charge in [-0.3, -0.25) is 0 Å². The summed E-state index contributed by atoms with van der Waals surface area (Å²) < 4.78 is 14.9. The lowest BCUT2D eigenvalue weighted by Crippen LogP contribution is -2.02. The number of aryl methyl sites for hydroxylation is 1. The van der Waals surface area contributed by atoms with Crippen LogP contribution in [0, 0.1) is 12.7 Å². The first-order chi connectivity index (χ1) is 11.7. The number of hydrogen-bond donors (Lipinski definition) is 1. The molecule has 0 saturated heterocycles. The van der Waals surface area contributed by atoms with Crippen molar-refractivity contribution >= 4 is 17.2 Å². The van der Waals surface area contributed by atoms with Gasteiger partial charge in [0.25, 0.3) is 0 Å². The molecule has 4 nitrogen and oxygen atoms in total. The summed E-state index contributed by atoms with van der Waals surface area (Å²) >= 11 is 0. The molecule has 0 unspecified atom stereocenters. The molecular formula is C19H15FN4. The summed E-state index contributed by atoms with van der Waals surface area (Å²) in [5.41, 5.74) is 4.35. The van der Waals surface area contributed by atoms with Gasteiger partial charge in [-0.1, -0.05) is 30.3 Å². The molecule has 2 heterocycles. The first-order valence-corrected chi connectivity index (χ1v) is 7.64. The zero-order chi connectivity index (χ0) is 16.5. The van der Waals surface area contributed by atoms with E-state index in [0.717, 1.165) is 34.0 Å². The highest BCUT2D eigenvalue weighted by atomic mass is 19.1. The molecule has 1 N–H and O–H groups in total. The summed E-state index contributed by atoms with van der Waals surface area (Å²) in [6.07, 6.45) is 1.76. The van der Waals surface area contributed by atoms with Gasteiger partial charge in [-0.2, -0.15) is 9.61 Å². The molecule has 0 aliphatic rings. The molecule has 4 aromatic rings. The Bertz CT molecular complexity index is 991. The maximum Gasteiger partial charge on any atom is 0.165 e. The minimum Gasteiger partial charge on any atom is -0.340 e. The van der Waals surface area contributed by atoms with Crippen LogP contribution in [0.3, 0.4) is 0 Å². The van der Waals surface area contributed by atoms with Gasteiger partial charge in [0.05, 0.1) is 6.20 Å². The average molecular weight is 318 g/mol. The molecule has 0 radical (unpaired) electrons. The largest absolute Gasteiger partial charge is 0.340 e. The van der Waals surface area contributed by atoms with Crippen LogP contribution in [0.5, 0.6) is 0 Å². The molecule has 2 aromatic heterocycles. The van der Waals surface area contributed by atoms with Crippen molar-refractivity contribution in [1.29, 1.82) is 0 Å². The van der Waals surface area contributed by atoms with Crippen LogP contribution >= 0.6 is 0 Å². The van der Waals surface area contributed by atoms with Crippen molar-refractivity contribution in [1.82, 2.24) is 14.6 Å². The lowest BCUT2D eigenvalue weighted by atomic mass is 10.1. The van der Waals surface area contributed by atoms with Crippen LogP contribution in [-0.2, 0) is 0 Å². The topological polar surface area (TPSA) is 42.2 Å². The molecule has 0 aliphatic carbocycles. The smallest absolute Gasteiger partial charge is 0.165 e. The molecule has 0 fully saturated rings. The van der Waals surface area contributed by atoms with E-state index in [1.807, 2.05) is 43.3 Å². The summed E-state index contributed by atoms with van der Waals surface area (Å²) in [7, 11) is 0. The number of rotatable bonds is 3. The number of nitrogens with one attached hydrogen (secondary N) is 1. The molecule has 118 valence electrons. The minimum atomic E-state index is -0.259. The number of para-hydroxylation sites is 1.